The molecule has 2 aromatic rings. The van der Waals surface area contributed by atoms with Crippen LogP contribution in [0.25, 0.3) is 0 Å². The number of carbonyl (C=O) groups excluding carboxylic acids is 1. The molecule has 1 aliphatic heterocycles. The Morgan fingerprint density at radius 2 is 1.78 bits per heavy atom. The molecule has 144 valence electrons. The molecule has 1 unspecified atom stereocenters. The van der Waals surface area contributed by atoms with E-state index in [-0.39, 0.29) is 23.0 Å². The minimum absolute atomic E-state index is 0.00401. The second kappa shape index (κ2) is 8.10. The average molecular weight is 388 g/mol. The smallest absolute Gasteiger partial charge is 0.315 e. The lowest BCUT2D eigenvalue weighted by molar-refractivity contribution is 0.233. The molecule has 2 N–H and O–H groups in total. The van der Waals surface area contributed by atoms with E-state index in [2.05, 4.69) is 10.6 Å². The van der Waals surface area contributed by atoms with Crippen molar-refractivity contribution in [3.63, 3.8) is 0 Å². The average Bonchev–Trinajstić information content (AvgIpc) is 2.72. The largest absolute Gasteiger partial charge is 0.336 e. The summed E-state index contributed by atoms with van der Waals surface area (Å²) in [5.74, 6) is 0. The van der Waals surface area contributed by atoms with Crippen LogP contribution in [0.4, 0.5) is 4.79 Å². The van der Waals surface area contributed by atoms with Gasteiger partial charge in [0.25, 0.3) is 0 Å². The van der Waals surface area contributed by atoms with Gasteiger partial charge < -0.3 is 10.6 Å². The minimum Gasteiger partial charge on any atom is -0.336 e. The third kappa shape index (κ3) is 4.48. The van der Waals surface area contributed by atoms with Gasteiger partial charge in [0, 0.05) is 19.1 Å². The number of fused-ring (bicyclic) bond motifs is 1. The van der Waals surface area contributed by atoms with Gasteiger partial charge >= 0.3 is 6.03 Å². The summed E-state index contributed by atoms with van der Waals surface area (Å²) in [6.07, 6.45) is 0.509. The monoisotopic (exact) mass is 387 g/mol. The normalized spacial score (nSPS) is 19.1. The van der Waals surface area contributed by atoms with Crippen LogP contribution in [-0.4, -0.2) is 31.3 Å². The lowest BCUT2D eigenvalue weighted by atomic mass is 10.0. The van der Waals surface area contributed by atoms with E-state index < -0.39 is 10.0 Å². The van der Waals surface area contributed by atoms with Crippen molar-refractivity contribution in [2.24, 2.45) is 0 Å². The number of carbonyl (C=O) groups is 1. The van der Waals surface area contributed by atoms with Gasteiger partial charge in [-0.1, -0.05) is 48.5 Å². The number of amides is 2. The van der Waals surface area contributed by atoms with Gasteiger partial charge in [-0.2, -0.15) is 4.31 Å². The molecule has 27 heavy (non-hydrogen) atoms. The second-order valence-corrected chi connectivity index (χ2v) is 8.88. The Balaban J connectivity index is 1.91. The van der Waals surface area contributed by atoms with Crippen molar-refractivity contribution >= 4 is 16.1 Å². The molecule has 0 aromatic heterocycles. The van der Waals surface area contributed by atoms with Crippen LogP contribution >= 0.6 is 0 Å². The molecule has 2 aromatic carbocycles. The molecule has 0 saturated heterocycles. The van der Waals surface area contributed by atoms with Gasteiger partial charge in [-0.25, -0.2) is 13.2 Å². The Morgan fingerprint density at radius 3 is 2.48 bits per heavy atom. The van der Waals surface area contributed by atoms with E-state index in [1.165, 1.54) is 4.31 Å². The summed E-state index contributed by atoms with van der Waals surface area (Å²) in [5, 5.41) is 5.73. The molecule has 0 aliphatic carbocycles. The zero-order chi connectivity index (χ0) is 19.4. The first-order chi connectivity index (χ1) is 12.9. The van der Waals surface area contributed by atoms with Crippen LogP contribution in [0.1, 0.15) is 37.4 Å². The Bertz CT molecular complexity index is 898. The van der Waals surface area contributed by atoms with E-state index in [1.54, 1.807) is 24.3 Å². The molecular formula is C20H25N3O3S. The summed E-state index contributed by atoms with van der Waals surface area (Å²) in [4.78, 5) is 12.5. The van der Waals surface area contributed by atoms with Crippen LogP contribution in [0.5, 0.6) is 0 Å². The summed E-state index contributed by atoms with van der Waals surface area (Å²) in [6.45, 7) is 4.40. The lowest BCUT2D eigenvalue weighted by Gasteiger charge is -2.20. The van der Waals surface area contributed by atoms with Crippen LogP contribution in [0.2, 0.25) is 0 Å². The van der Waals surface area contributed by atoms with E-state index in [1.807, 2.05) is 44.2 Å². The topological polar surface area (TPSA) is 78.5 Å². The van der Waals surface area contributed by atoms with Gasteiger partial charge in [-0.15, -0.1) is 0 Å². The maximum absolute atomic E-state index is 13.2. The fourth-order valence-electron chi connectivity index (χ4n) is 3.25. The van der Waals surface area contributed by atoms with Gasteiger partial charge in [0.05, 0.1) is 10.9 Å². The highest BCUT2D eigenvalue weighted by Gasteiger charge is 2.34. The molecule has 0 saturated carbocycles. The van der Waals surface area contributed by atoms with Crippen LogP contribution in [0.15, 0.2) is 59.5 Å². The quantitative estimate of drug-likeness (QED) is 0.846. The molecule has 2 amide bonds. The summed E-state index contributed by atoms with van der Waals surface area (Å²) >= 11 is 0. The van der Waals surface area contributed by atoms with E-state index in [4.69, 9.17) is 0 Å². The van der Waals surface area contributed by atoms with Crippen molar-refractivity contribution in [3.8, 4) is 0 Å². The third-order valence-corrected chi connectivity index (χ3v) is 6.43. The van der Waals surface area contributed by atoms with E-state index in [0.29, 0.717) is 25.1 Å². The first kappa shape index (κ1) is 19.4. The fraction of sp³-hybridized carbons (Fsp3) is 0.350. The first-order valence-corrected chi connectivity index (χ1v) is 10.5. The number of nitrogens with one attached hydrogen (secondary N) is 2. The van der Waals surface area contributed by atoms with Crippen molar-refractivity contribution in [2.75, 3.05) is 6.54 Å². The van der Waals surface area contributed by atoms with Gasteiger partial charge in [0.15, 0.2) is 0 Å². The molecule has 6 nitrogen and oxygen atoms in total. The van der Waals surface area contributed by atoms with Gasteiger partial charge in [0.1, 0.15) is 0 Å². The Kier molecular flexibility index (Phi) is 5.82. The maximum atomic E-state index is 13.2. The second-order valence-electron chi connectivity index (χ2n) is 6.98. The zero-order valence-corrected chi connectivity index (χ0v) is 16.4. The highest BCUT2D eigenvalue weighted by atomic mass is 32.2. The van der Waals surface area contributed by atoms with Crippen molar-refractivity contribution in [3.05, 3.63) is 65.7 Å². The predicted molar refractivity (Wildman–Crippen MR) is 105 cm³/mol. The van der Waals surface area contributed by atoms with E-state index >= 15 is 0 Å². The van der Waals surface area contributed by atoms with Crippen molar-refractivity contribution in [1.82, 2.24) is 14.9 Å². The van der Waals surface area contributed by atoms with Crippen LogP contribution in [0, 0.1) is 0 Å². The van der Waals surface area contributed by atoms with Crippen molar-refractivity contribution in [2.45, 2.75) is 43.8 Å². The van der Waals surface area contributed by atoms with E-state index in [9.17, 15) is 13.2 Å². The molecule has 3 rings (SSSR count). The molecule has 1 heterocycles. The molecule has 1 atom stereocenters. The standard InChI is InChI=1S/C20H25N3O3S/c1-15(2)21-20(24)22-18-12-13-23(14-16-8-4-3-5-9-16)27(25,26)19-11-7-6-10-17(18)19/h3-11,15,18H,12-14H2,1-2H3,(H2,21,22,24). The predicted octanol–water partition coefficient (Wildman–Crippen LogP) is 3.03. The third-order valence-electron chi connectivity index (χ3n) is 4.51. The van der Waals surface area contributed by atoms with Crippen LogP contribution in [-0.2, 0) is 16.6 Å². The number of urea groups is 1. The van der Waals surface area contributed by atoms with Crippen LogP contribution in [0.3, 0.4) is 0 Å². The van der Waals surface area contributed by atoms with E-state index in [0.717, 1.165) is 5.56 Å². The lowest BCUT2D eigenvalue weighted by Crippen LogP contribution is -2.41. The van der Waals surface area contributed by atoms with Crippen molar-refractivity contribution < 1.29 is 13.2 Å². The summed E-state index contributed by atoms with van der Waals surface area (Å²) in [5.41, 5.74) is 1.56. The molecule has 0 radical (unpaired) electrons. The minimum atomic E-state index is -3.65. The number of sulfonamides is 1. The van der Waals surface area contributed by atoms with Gasteiger partial charge in [-0.3, -0.25) is 0 Å². The van der Waals surface area contributed by atoms with Crippen LogP contribution < -0.4 is 10.6 Å². The molecule has 0 fully saturated rings. The van der Waals surface area contributed by atoms with Crippen molar-refractivity contribution in [1.29, 1.82) is 0 Å². The Labute approximate surface area is 160 Å². The van der Waals surface area contributed by atoms with Gasteiger partial charge in [-0.05, 0) is 37.5 Å². The highest BCUT2D eigenvalue weighted by molar-refractivity contribution is 7.89. The number of hydrogen-bond acceptors (Lipinski definition) is 3. The number of benzene rings is 2. The molecule has 1 aliphatic rings. The molecule has 0 bridgehead atoms. The van der Waals surface area contributed by atoms with Gasteiger partial charge in [0.2, 0.25) is 10.0 Å². The SMILES string of the molecule is CC(C)NC(=O)NC1CCN(Cc2ccccc2)S(=O)(=O)c2ccccc21. The Hall–Kier alpha value is -2.38. The maximum Gasteiger partial charge on any atom is 0.315 e. The number of hydrogen-bond donors (Lipinski definition) is 2. The first-order valence-electron chi connectivity index (χ1n) is 9.08. The fourth-order valence-corrected chi connectivity index (χ4v) is 4.96. The summed E-state index contributed by atoms with van der Waals surface area (Å²) < 4.78 is 28.0. The molecule has 0 spiro atoms. The molecular weight excluding hydrogens is 362 g/mol. The highest BCUT2D eigenvalue weighted by Crippen LogP contribution is 2.32. The number of nitrogens with zero attached hydrogens (tertiary/aromatic N) is 1. The summed E-state index contributed by atoms with van der Waals surface area (Å²) in [6, 6.07) is 15.8. The Morgan fingerprint density at radius 1 is 1.11 bits per heavy atom. The zero-order valence-electron chi connectivity index (χ0n) is 15.6. The molecule has 7 heteroatoms. The summed E-state index contributed by atoms with van der Waals surface area (Å²) in [7, 11) is -3.65. The number of rotatable bonds is 4.